The Labute approximate surface area is 127 Å². The van der Waals surface area contributed by atoms with E-state index in [0.717, 1.165) is 0 Å². The van der Waals surface area contributed by atoms with E-state index < -0.39 is 6.10 Å². The third-order valence-corrected chi connectivity index (χ3v) is 3.42. The topological polar surface area (TPSA) is 55.8 Å². The summed E-state index contributed by atoms with van der Waals surface area (Å²) in [6.07, 6.45) is -0.525. The highest BCUT2D eigenvalue weighted by atomic mass is 16.3. The number of benzene rings is 1. The van der Waals surface area contributed by atoms with E-state index in [2.05, 4.69) is 41.4 Å². The molecule has 5 nitrogen and oxygen atoms in total. The summed E-state index contributed by atoms with van der Waals surface area (Å²) in [5, 5.41) is 12.2. The molecule has 2 atom stereocenters. The Morgan fingerprint density at radius 2 is 1.81 bits per heavy atom. The van der Waals surface area contributed by atoms with Gasteiger partial charge in [-0.25, -0.2) is 4.79 Å². The maximum atomic E-state index is 12.0. The van der Waals surface area contributed by atoms with Crippen LogP contribution < -0.4 is 5.32 Å². The van der Waals surface area contributed by atoms with Crippen LogP contribution in [0, 0.1) is 6.92 Å². The van der Waals surface area contributed by atoms with E-state index in [-0.39, 0.29) is 12.1 Å². The summed E-state index contributed by atoms with van der Waals surface area (Å²) in [6.45, 7) is 4.57. The van der Waals surface area contributed by atoms with Gasteiger partial charge in [0.1, 0.15) is 0 Å². The van der Waals surface area contributed by atoms with Crippen LogP contribution in [0.4, 0.5) is 4.79 Å². The largest absolute Gasteiger partial charge is 0.392 e. The van der Waals surface area contributed by atoms with Crippen molar-refractivity contribution in [2.75, 3.05) is 34.2 Å². The molecule has 0 radical (unpaired) electrons. The number of rotatable bonds is 6. The highest BCUT2D eigenvalue weighted by molar-refractivity contribution is 5.73. The predicted molar refractivity (Wildman–Crippen MR) is 85.3 cm³/mol. The van der Waals surface area contributed by atoms with Crippen LogP contribution in [0.5, 0.6) is 0 Å². The molecule has 21 heavy (non-hydrogen) atoms. The molecule has 5 heteroatoms. The lowest BCUT2D eigenvalue weighted by Gasteiger charge is -2.27. The first-order valence-electron chi connectivity index (χ1n) is 7.21. The van der Waals surface area contributed by atoms with Crippen molar-refractivity contribution in [3.05, 3.63) is 35.4 Å². The average Bonchev–Trinajstić information content (AvgIpc) is 2.39. The number of likely N-dealkylation sites (N-methyl/N-ethyl adjacent to an activating group) is 2. The van der Waals surface area contributed by atoms with E-state index in [1.54, 1.807) is 14.0 Å². The number of hydrogen-bond acceptors (Lipinski definition) is 3. The summed E-state index contributed by atoms with van der Waals surface area (Å²) in [4.78, 5) is 15.6. The zero-order valence-corrected chi connectivity index (χ0v) is 13.6. The number of nitrogens with zero attached hydrogens (tertiary/aromatic N) is 2. The van der Waals surface area contributed by atoms with Crippen molar-refractivity contribution in [2.45, 2.75) is 26.0 Å². The van der Waals surface area contributed by atoms with Gasteiger partial charge < -0.3 is 20.2 Å². The van der Waals surface area contributed by atoms with E-state index in [1.165, 1.54) is 16.0 Å². The van der Waals surface area contributed by atoms with Gasteiger partial charge in [-0.2, -0.15) is 0 Å². The second kappa shape index (κ2) is 8.00. The molecule has 2 N–H and O–H groups in total. The molecule has 2 unspecified atom stereocenters. The Balaban J connectivity index is 2.64. The molecule has 2 amide bonds. The molecular weight excluding hydrogens is 266 g/mol. The highest BCUT2D eigenvalue weighted by Crippen LogP contribution is 2.17. The van der Waals surface area contributed by atoms with Crippen LogP contribution in [0.2, 0.25) is 0 Å². The van der Waals surface area contributed by atoms with Crippen LogP contribution in [-0.4, -0.2) is 61.3 Å². The third kappa shape index (κ3) is 5.73. The molecule has 118 valence electrons. The fourth-order valence-electron chi connectivity index (χ4n) is 2.19. The molecule has 0 saturated carbocycles. The fraction of sp³-hybridized carbons (Fsp3) is 0.562. The molecule has 1 rings (SSSR count). The minimum absolute atomic E-state index is 0.120. The highest BCUT2D eigenvalue weighted by Gasteiger charge is 2.17. The summed E-state index contributed by atoms with van der Waals surface area (Å²) >= 11 is 0. The van der Waals surface area contributed by atoms with E-state index >= 15 is 0 Å². The standard InChI is InChI=1S/C16H27N3O2/c1-12-6-8-14(9-7-12)15(18(3)4)10-17-16(21)19(5)11-13(2)20/h6-9,13,15,20H,10-11H2,1-5H3,(H,17,21). The van der Waals surface area contributed by atoms with Crippen molar-refractivity contribution in [3.63, 3.8) is 0 Å². The van der Waals surface area contributed by atoms with Crippen molar-refractivity contribution in [1.29, 1.82) is 0 Å². The number of carbonyl (C=O) groups excluding carboxylic acids is 1. The number of hydrogen-bond donors (Lipinski definition) is 2. The first kappa shape index (κ1) is 17.5. The molecule has 0 aromatic heterocycles. The smallest absolute Gasteiger partial charge is 0.317 e. The molecule has 0 bridgehead atoms. The van der Waals surface area contributed by atoms with Gasteiger partial charge in [0.25, 0.3) is 0 Å². The van der Waals surface area contributed by atoms with E-state index in [0.29, 0.717) is 13.1 Å². The number of urea groups is 1. The maximum Gasteiger partial charge on any atom is 0.317 e. The van der Waals surface area contributed by atoms with Gasteiger partial charge in [0, 0.05) is 20.1 Å². The zero-order valence-electron chi connectivity index (χ0n) is 13.6. The average molecular weight is 293 g/mol. The predicted octanol–water partition coefficient (Wildman–Crippen LogP) is 1.62. The van der Waals surface area contributed by atoms with Gasteiger partial charge in [-0.1, -0.05) is 29.8 Å². The molecule has 0 saturated heterocycles. The van der Waals surface area contributed by atoms with Crippen molar-refractivity contribution in [2.24, 2.45) is 0 Å². The number of nitrogens with one attached hydrogen (secondary N) is 1. The van der Waals surface area contributed by atoms with Gasteiger partial charge in [0.15, 0.2) is 0 Å². The maximum absolute atomic E-state index is 12.0. The number of amides is 2. The Morgan fingerprint density at radius 3 is 2.29 bits per heavy atom. The van der Waals surface area contributed by atoms with E-state index in [1.807, 2.05) is 14.1 Å². The summed E-state index contributed by atoms with van der Waals surface area (Å²) in [5.74, 6) is 0. The van der Waals surface area contributed by atoms with E-state index in [4.69, 9.17) is 0 Å². The Morgan fingerprint density at radius 1 is 1.24 bits per heavy atom. The van der Waals surface area contributed by atoms with Crippen LogP contribution in [0.15, 0.2) is 24.3 Å². The van der Waals surface area contributed by atoms with Crippen LogP contribution in [-0.2, 0) is 0 Å². The lowest BCUT2D eigenvalue weighted by molar-refractivity contribution is 0.142. The number of aryl methyl sites for hydroxylation is 1. The van der Waals surface area contributed by atoms with Gasteiger partial charge in [-0.3, -0.25) is 0 Å². The van der Waals surface area contributed by atoms with E-state index in [9.17, 15) is 9.90 Å². The quantitative estimate of drug-likeness (QED) is 0.838. The molecule has 1 aromatic carbocycles. The minimum atomic E-state index is -0.525. The molecule has 0 aliphatic heterocycles. The minimum Gasteiger partial charge on any atom is -0.392 e. The van der Waals surface area contributed by atoms with Crippen LogP contribution in [0.3, 0.4) is 0 Å². The second-order valence-corrected chi connectivity index (χ2v) is 5.81. The summed E-state index contributed by atoms with van der Waals surface area (Å²) in [5.41, 5.74) is 2.39. The second-order valence-electron chi connectivity index (χ2n) is 5.81. The van der Waals surface area contributed by atoms with Gasteiger partial charge in [0.2, 0.25) is 0 Å². The fourth-order valence-corrected chi connectivity index (χ4v) is 2.19. The summed E-state index contributed by atoms with van der Waals surface area (Å²) in [6, 6.07) is 8.28. The summed E-state index contributed by atoms with van der Waals surface area (Å²) in [7, 11) is 5.67. The van der Waals surface area contributed by atoms with Crippen molar-refractivity contribution in [1.82, 2.24) is 15.1 Å². The Kier molecular flexibility index (Phi) is 6.65. The van der Waals surface area contributed by atoms with Crippen molar-refractivity contribution in [3.8, 4) is 0 Å². The van der Waals surface area contributed by atoms with Crippen LogP contribution in [0.25, 0.3) is 0 Å². The first-order valence-corrected chi connectivity index (χ1v) is 7.21. The Hall–Kier alpha value is -1.59. The van der Waals surface area contributed by atoms with Gasteiger partial charge >= 0.3 is 6.03 Å². The molecular formula is C16H27N3O2. The number of aliphatic hydroxyl groups is 1. The molecule has 1 aromatic rings. The Bertz CT molecular complexity index is 443. The zero-order chi connectivity index (χ0) is 16.0. The number of aliphatic hydroxyl groups excluding tert-OH is 1. The lowest BCUT2D eigenvalue weighted by atomic mass is 10.0. The van der Waals surface area contributed by atoms with Crippen molar-refractivity contribution < 1.29 is 9.90 Å². The summed E-state index contributed by atoms with van der Waals surface area (Å²) < 4.78 is 0. The van der Waals surface area contributed by atoms with Gasteiger partial charge in [0.05, 0.1) is 12.1 Å². The first-order chi connectivity index (χ1) is 9.81. The third-order valence-electron chi connectivity index (χ3n) is 3.42. The molecule has 0 fully saturated rings. The molecule has 0 heterocycles. The lowest BCUT2D eigenvalue weighted by Crippen LogP contribution is -2.43. The monoisotopic (exact) mass is 293 g/mol. The SMILES string of the molecule is Cc1ccc(C(CNC(=O)N(C)CC(C)O)N(C)C)cc1. The molecule has 0 aliphatic carbocycles. The van der Waals surface area contributed by atoms with Crippen molar-refractivity contribution >= 4 is 6.03 Å². The normalized spacial score (nSPS) is 13.9. The van der Waals surface area contributed by atoms with Gasteiger partial charge in [-0.05, 0) is 33.5 Å². The van der Waals surface area contributed by atoms with Crippen LogP contribution >= 0.6 is 0 Å². The van der Waals surface area contributed by atoms with Crippen LogP contribution in [0.1, 0.15) is 24.1 Å². The molecule has 0 spiro atoms. The number of carbonyl (C=O) groups is 1. The van der Waals surface area contributed by atoms with Gasteiger partial charge in [-0.15, -0.1) is 0 Å². The molecule has 0 aliphatic rings.